The van der Waals surface area contributed by atoms with E-state index < -0.39 is 24.0 Å². The molecule has 2 aromatic carbocycles. The van der Waals surface area contributed by atoms with Crippen LogP contribution in [0.2, 0.25) is 0 Å². The molecule has 158 valence electrons. The molecule has 0 aliphatic rings. The van der Waals surface area contributed by atoms with E-state index >= 15 is 0 Å². The topological polar surface area (TPSA) is 98.6 Å². The van der Waals surface area contributed by atoms with Crippen molar-refractivity contribution < 1.29 is 24.2 Å². The standard InChI is InChI=1S/C23H26N2O5/c1-4-5-6-9-16(23(28)30-3)21(26)14-10-7-12-17-19(14)24-18-13-8-11-15(20(18)25-17)22(27)29-2/h7-8,10-13,16,21,26H,4-6,9H2,1-3H3/t16-,21-/m1/s1. The van der Waals surface area contributed by atoms with Crippen molar-refractivity contribution in [3.8, 4) is 0 Å². The zero-order chi connectivity index (χ0) is 21.7. The highest BCUT2D eigenvalue weighted by molar-refractivity contribution is 6.03. The number of carbonyl (C=O) groups is 2. The van der Waals surface area contributed by atoms with Gasteiger partial charge >= 0.3 is 11.9 Å². The lowest BCUT2D eigenvalue weighted by molar-refractivity contribution is -0.150. The van der Waals surface area contributed by atoms with Gasteiger partial charge in [-0.2, -0.15) is 0 Å². The Morgan fingerprint density at radius 3 is 2.30 bits per heavy atom. The minimum absolute atomic E-state index is 0.322. The van der Waals surface area contributed by atoms with Gasteiger partial charge in [0.25, 0.3) is 0 Å². The number of aromatic nitrogens is 2. The summed E-state index contributed by atoms with van der Waals surface area (Å²) in [4.78, 5) is 33.7. The normalized spacial score (nSPS) is 13.2. The van der Waals surface area contributed by atoms with Crippen molar-refractivity contribution >= 4 is 34.0 Å². The fraction of sp³-hybridized carbons (Fsp3) is 0.391. The lowest BCUT2D eigenvalue weighted by Gasteiger charge is -2.22. The molecule has 0 aliphatic heterocycles. The van der Waals surface area contributed by atoms with Gasteiger partial charge in [0, 0.05) is 5.56 Å². The van der Waals surface area contributed by atoms with Gasteiger partial charge in [-0.3, -0.25) is 4.79 Å². The Balaban J connectivity index is 2.10. The number of fused-ring (bicyclic) bond motifs is 2. The van der Waals surface area contributed by atoms with E-state index in [1.165, 1.54) is 14.2 Å². The van der Waals surface area contributed by atoms with Crippen molar-refractivity contribution in [2.45, 2.75) is 38.7 Å². The van der Waals surface area contributed by atoms with Gasteiger partial charge in [0.05, 0.1) is 48.4 Å². The number of aliphatic hydroxyl groups excluding tert-OH is 1. The summed E-state index contributed by atoms with van der Waals surface area (Å²) in [6.45, 7) is 2.08. The summed E-state index contributed by atoms with van der Waals surface area (Å²) in [7, 11) is 2.64. The lowest BCUT2D eigenvalue weighted by atomic mass is 9.90. The highest BCUT2D eigenvalue weighted by Gasteiger charge is 2.30. The lowest BCUT2D eigenvalue weighted by Crippen LogP contribution is -2.24. The molecule has 3 rings (SSSR count). The van der Waals surface area contributed by atoms with Crippen LogP contribution in [0.15, 0.2) is 36.4 Å². The van der Waals surface area contributed by atoms with Gasteiger partial charge in [-0.1, -0.05) is 44.4 Å². The molecule has 1 aromatic heterocycles. The Hall–Kier alpha value is -3.06. The SMILES string of the molecule is CCCCC[C@@H](C(=O)OC)[C@H](O)c1cccc2nc3c(C(=O)OC)cccc3nc12. The molecule has 0 amide bonds. The highest BCUT2D eigenvalue weighted by atomic mass is 16.5. The van der Waals surface area contributed by atoms with Crippen LogP contribution in [0.4, 0.5) is 0 Å². The number of methoxy groups -OCH3 is 2. The molecule has 0 fully saturated rings. The molecule has 1 heterocycles. The number of ether oxygens (including phenoxy) is 2. The molecule has 0 spiro atoms. The summed E-state index contributed by atoms with van der Waals surface area (Å²) in [6.07, 6.45) is 2.24. The van der Waals surface area contributed by atoms with E-state index in [1.54, 1.807) is 36.4 Å². The van der Waals surface area contributed by atoms with Crippen LogP contribution in [-0.2, 0) is 14.3 Å². The summed E-state index contributed by atoms with van der Waals surface area (Å²) in [5.74, 6) is -1.63. The van der Waals surface area contributed by atoms with Crippen LogP contribution in [0.5, 0.6) is 0 Å². The second-order valence-electron chi connectivity index (χ2n) is 7.17. The molecule has 3 aromatic rings. The van der Waals surface area contributed by atoms with Crippen molar-refractivity contribution in [3.63, 3.8) is 0 Å². The molecule has 0 bridgehead atoms. The molecule has 7 heteroatoms. The Kier molecular flexibility index (Phi) is 6.95. The third kappa shape index (κ3) is 4.26. The third-order valence-electron chi connectivity index (χ3n) is 5.25. The summed E-state index contributed by atoms with van der Waals surface area (Å²) in [5, 5.41) is 11.1. The van der Waals surface area contributed by atoms with Crippen LogP contribution in [0.3, 0.4) is 0 Å². The van der Waals surface area contributed by atoms with E-state index in [-0.39, 0.29) is 0 Å². The van der Waals surface area contributed by atoms with E-state index in [4.69, 9.17) is 9.47 Å². The second kappa shape index (κ2) is 9.63. The van der Waals surface area contributed by atoms with Crippen LogP contribution in [-0.4, -0.2) is 41.2 Å². The molecule has 0 saturated heterocycles. The molecule has 0 radical (unpaired) electrons. The van der Waals surface area contributed by atoms with Crippen molar-refractivity contribution in [1.82, 2.24) is 9.97 Å². The first kappa shape index (κ1) is 21.6. The number of aliphatic hydroxyl groups is 1. The fourth-order valence-electron chi connectivity index (χ4n) is 3.64. The van der Waals surface area contributed by atoms with Gasteiger partial charge in [0.15, 0.2) is 0 Å². The van der Waals surface area contributed by atoms with Gasteiger partial charge < -0.3 is 14.6 Å². The van der Waals surface area contributed by atoms with Gasteiger partial charge in [0.2, 0.25) is 0 Å². The van der Waals surface area contributed by atoms with Gasteiger partial charge in [-0.15, -0.1) is 0 Å². The molecule has 2 atom stereocenters. The number of carbonyl (C=O) groups excluding carboxylic acids is 2. The van der Waals surface area contributed by atoms with E-state index in [2.05, 4.69) is 16.9 Å². The average molecular weight is 410 g/mol. The van der Waals surface area contributed by atoms with Crippen LogP contribution in [0.25, 0.3) is 22.1 Å². The quantitative estimate of drug-likeness (QED) is 0.341. The summed E-state index contributed by atoms with van der Waals surface area (Å²) < 4.78 is 9.77. The second-order valence-corrected chi connectivity index (χ2v) is 7.17. The Labute approximate surface area is 175 Å². The maximum absolute atomic E-state index is 12.4. The maximum Gasteiger partial charge on any atom is 0.340 e. The molecule has 1 N–H and O–H groups in total. The minimum atomic E-state index is -1.08. The van der Waals surface area contributed by atoms with E-state index in [0.29, 0.717) is 39.6 Å². The number of unbranched alkanes of at least 4 members (excludes halogenated alkanes) is 2. The van der Waals surface area contributed by atoms with Gasteiger partial charge in [-0.05, 0) is 24.6 Å². The van der Waals surface area contributed by atoms with Crippen LogP contribution < -0.4 is 0 Å². The predicted octanol–water partition coefficient (Wildman–Crippen LogP) is 3.97. The fourth-order valence-corrected chi connectivity index (χ4v) is 3.64. The van der Waals surface area contributed by atoms with Crippen LogP contribution >= 0.6 is 0 Å². The number of para-hydroxylation sites is 2. The number of esters is 2. The molecule has 0 unspecified atom stereocenters. The van der Waals surface area contributed by atoms with Gasteiger partial charge in [-0.25, -0.2) is 14.8 Å². The zero-order valence-corrected chi connectivity index (χ0v) is 17.4. The first-order chi connectivity index (χ1) is 14.5. The van der Waals surface area contributed by atoms with Crippen LogP contribution in [0, 0.1) is 5.92 Å². The average Bonchev–Trinajstić information content (AvgIpc) is 2.78. The molecular weight excluding hydrogens is 384 g/mol. The molecule has 30 heavy (non-hydrogen) atoms. The van der Waals surface area contributed by atoms with E-state index in [1.807, 2.05) is 0 Å². The van der Waals surface area contributed by atoms with Crippen molar-refractivity contribution in [3.05, 3.63) is 47.5 Å². The van der Waals surface area contributed by atoms with E-state index in [0.717, 1.165) is 19.3 Å². The zero-order valence-electron chi connectivity index (χ0n) is 17.4. The van der Waals surface area contributed by atoms with E-state index in [9.17, 15) is 14.7 Å². The molecular formula is C23H26N2O5. The number of hydrogen-bond donors (Lipinski definition) is 1. The summed E-state index contributed by atoms with van der Waals surface area (Å²) in [5.41, 5.74) is 2.78. The predicted molar refractivity (Wildman–Crippen MR) is 113 cm³/mol. The summed E-state index contributed by atoms with van der Waals surface area (Å²) in [6, 6.07) is 10.3. The Morgan fingerprint density at radius 2 is 1.63 bits per heavy atom. The Bertz CT molecular complexity index is 1070. The van der Waals surface area contributed by atoms with Crippen LogP contribution in [0.1, 0.15) is 54.6 Å². The van der Waals surface area contributed by atoms with Crippen molar-refractivity contribution in [1.29, 1.82) is 0 Å². The smallest absolute Gasteiger partial charge is 0.340 e. The molecule has 0 aliphatic carbocycles. The highest BCUT2D eigenvalue weighted by Crippen LogP contribution is 2.32. The first-order valence-corrected chi connectivity index (χ1v) is 10.0. The minimum Gasteiger partial charge on any atom is -0.469 e. The first-order valence-electron chi connectivity index (χ1n) is 10.0. The molecule has 7 nitrogen and oxygen atoms in total. The summed E-state index contributed by atoms with van der Waals surface area (Å²) >= 11 is 0. The third-order valence-corrected chi connectivity index (χ3v) is 5.25. The number of rotatable bonds is 8. The van der Waals surface area contributed by atoms with Crippen molar-refractivity contribution in [2.75, 3.05) is 14.2 Å². The monoisotopic (exact) mass is 410 g/mol. The molecule has 0 saturated carbocycles. The number of hydrogen-bond acceptors (Lipinski definition) is 7. The van der Waals surface area contributed by atoms with Crippen molar-refractivity contribution in [2.24, 2.45) is 5.92 Å². The maximum atomic E-state index is 12.4. The number of nitrogens with zero attached hydrogens (tertiary/aromatic N) is 2. The van der Waals surface area contributed by atoms with Gasteiger partial charge in [0.1, 0.15) is 5.52 Å². The Morgan fingerprint density at radius 1 is 0.967 bits per heavy atom. The number of benzene rings is 2. The largest absolute Gasteiger partial charge is 0.469 e.